The van der Waals surface area contributed by atoms with Gasteiger partial charge in [0.15, 0.2) is 0 Å². The highest BCUT2D eigenvalue weighted by atomic mass is 16.5. The summed E-state index contributed by atoms with van der Waals surface area (Å²) in [6, 6.07) is 8.81. The molecule has 148 valence electrons. The summed E-state index contributed by atoms with van der Waals surface area (Å²) in [6.07, 6.45) is 5.44. The van der Waals surface area contributed by atoms with Crippen molar-refractivity contribution in [2.75, 3.05) is 18.5 Å². The standard InChI is InChI=1S/C22H27N3O3/c1-15-12-18(15)20(26)24-17-7-4-6-16(13-17)21(27)25-10-5-9-22(19(25)14-23)8-2-3-11-28-22/h4,6-7,13,15,18-19H,2-3,5,8-12H2,1H3,(H,24,26)/t15-,18+,19-,22-/m1/s1. The van der Waals surface area contributed by atoms with E-state index in [2.05, 4.69) is 18.3 Å². The van der Waals surface area contributed by atoms with Crippen molar-refractivity contribution in [3.63, 3.8) is 0 Å². The molecule has 3 aliphatic rings. The van der Waals surface area contributed by atoms with Crippen LogP contribution in [0.1, 0.15) is 55.8 Å². The highest BCUT2D eigenvalue weighted by Gasteiger charge is 2.48. The number of benzene rings is 1. The molecule has 4 rings (SSSR count). The minimum atomic E-state index is -0.570. The van der Waals surface area contributed by atoms with Crippen molar-refractivity contribution in [2.24, 2.45) is 11.8 Å². The molecule has 1 aromatic carbocycles. The van der Waals surface area contributed by atoms with E-state index >= 15 is 0 Å². The molecule has 1 saturated carbocycles. The van der Waals surface area contributed by atoms with E-state index < -0.39 is 11.6 Å². The smallest absolute Gasteiger partial charge is 0.255 e. The topological polar surface area (TPSA) is 82.4 Å². The van der Waals surface area contributed by atoms with Gasteiger partial charge < -0.3 is 15.0 Å². The highest BCUT2D eigenvalue weighted by molar-refractivity contribution is 5.98. The van der Waals surface area contributed by atoms with Gasteiger partial charge in [0.05, 0.1) is 6.07 Å². The van der Waals surface area contributed by atoms with Gasteiger partial charge in [0, 0.05) is 30.3 Å². The Balaban J connectivity index is 1.52. The third kappa shape index (κ3) is 3.51. The van der Waals surface area contributed by atoms with E-state index in [9.17, 15) is 14.9 Å². The quantitative estimate of drug-likeness (QED) is 0.870. The molecule has 2 saturated heterocycles. The van der Waals surface area contributed by atoms with Crippen LogP contribution < -0.4 is 5.32 Å². The van der Waals surface area contributed by atoms with Crippen LogP contribution in [-0.2, 0) is 9.53 Å². The Morgan fingerprint density at radius 2 is 2.07 bits per heavy atom. The van der Waals surface area contributed by atoms with Crippen LogP contribution in [0.3, 0.4) is 0 Å². The fourth-order valence-corrected chi connectivity index (χ4v) is 4.61. The summed E-state index contributed by atoms with van der Waals surface area (Å²) in [7, 11) is 0. The van der Waals surface area contributed by atoms with Gasteiger partial charge in [-0.1, -0.05) is 13.0 Å². The van der Waals surface area contributed by atoms with Gasteiger partial charge in [-0.3, -0.25) is 9.59 Å². The fourth-order valence-electron chi connectivity index (χ4n) is 4.61. The molecule has 2 heterocycles. The molecule has 0 aromatic heterocycles. The van der Waals surface area contributed by atoms with E-state index in [4.69, 9.17) is 4.74 Å². The van der Waals surface area contributed by atoms with E-state index in [0.29, 0.717) is 30.3 Å². The summed E-state index contributed by atoms with van der Waals surface area (Å²) in [6.45, 7) is 3.27. The number of nitriles is 1. The Morgan fingerprint density at radius 3 is 2.75 bits per heavy atom. The Labute approximate surface area is 165 Å². The molecule has 1 N–H and O–H groups in total. The second-order valence-corrected chi connectivity index (χ2v) is 8.39. The summed E-state index contributed by atoms with van der Waals surface area (Å²) >= 11 is 0. The number of anilines is 1. The molecule has 3 fully saturated rings. The van der Waals surface area contributed by atoms with Crippen molar-refractivity contribution >= 4 is 17.5 Å². The van der Waals surface area contributed by atoms with Crippen LogP contribution >= 0.6 is 0 Å². The number of piperidine rings is 1. The Morgan fingerprint density at radius 1 is 1.29 bits per heavy atom. The number of amides is 2. The van der Waals surface area contributed by atoms with Crippen molar-refractivity contribution in [3.8, 4) is 6.07 Å². The first-order chi connectivity index (χ1) is 13.5. The van der Waals surface area contributed by atoms with E-state index in [1.807, 2.05) is 0 Å². The second-order valence-electron chi connectivity index (χ2n) is 8.39. The van der Waals surface area contributed by atoms with Crippen LogP contribution in [0.5, 0.6) is 0 Å². The zero-order valence-corrected chi connectivity index (χ0v) is 16.3. The minimum Gasteiger partial charge on any atom is -0.372 e. The molecule has 2 aliphatic heterocycles. The number of likely N-dealkylation sites (tertiary alicyclic amines) is 1. The molecular formula is C22H27N3O3. The Kier molecular flexibility index (Phi) is 5.11. The maximum absolute atomic E-state index is 13.2. The van der Waals surface area contributed by atoms with Gasteiger partial charge in [0.2, 0.25) is 5.91 Å². The van der Waals surface area contributed by atoms with Crippen molar-refractivity contribution in [1.29, 1.82) is 5.26 Å². The molecule has 0 bridgehead atoms. The molecule has 0 unspecified atom stereocenters. The molecule has 1 aromatic rings. The fraction of sp³-hybridized carbons (Fsp3) is 0.591. The van der Waals surface area contributed by atoms with Crippen molar-refractivity contribution in [3.05, 3.63) is 29.8 Å². The van der Waals surface area contributed by atoms with Gasteiger partial charge >= 0.3 is 0 Å². The average molecular weight is 381 g/mol. The SMILES string of the molecule is C[C@@H]1C[C@@H]1C(=O)Nc1cccc(C(=O)N2CCC[C@]3(CCCCO3)[C@H]2C#N)c1. The predicted molar refractivity (Wildman–Crippen MR) is 105 cm³/mol. The van der Waals surface area contributed by atoms with E-state index in [-0.39, 0.29) is 17.7 Å². The zero-order chi connectivity index (χ0) is 19.7. The van der Waals surface area contributed by atoms with Gasteiger partial charge in [-0.2, -0.15) is 5.26 Å². The van der Waals surface area contributed by atoms with Gasteiger partial charge in [-0.05, 0) is 62.6 Å². The summed E-state index contributed by atoms with van der Waals surface area (Å²) < 4.78 is 6.07. The zero-order valence-electron chi connectivity index (χ0n) is 16.3. The average Bonchev–Trinajstić information content (AvgIpc) is 3.45. The van der Waals surface area contributed by atoms with Gasteiger partial charge in [0.1, 0.15) is 11.6 Å². The molecule has 6 nitrogen and oxygen atoms in total. The first-order valence-corrected chi connectivity index (χ1v) is 10.3. The van der Waals surface area contributed by atoms with Gasteiger partial charge in [-0.15, -0.1) is 0 Å². The number of hydrogen-bond acceptors (Lipinski definition) is 4. The summed E-state index contributed by atoms with van der Waals surface area (Å²) in [5, 5.41) is 12.8. The van der Waals surface area contributed by atoms with E-state index in [0.717, 1.165) is 38.5 Å². The molecule has 2 amide bonds. The van der Waals surface area contributed by atoms with Crippen LogP contribution in [0.15, 0.2) is 24.3 Å². The minimum absolute atomic E-state index is 0.0135. The normalized spacial score (nSPS) is 31.9. The lowest BCUT2D eigenvalue weighted by Crippen LogP contribution is -2.60. The monoisotopic (exact) mass is 381 g/mol. The molecule has 1 spiro atoms. The lowest BCUT2D eigenvalue weighted by atomic mass is 9.79. The second kappa shape index (κ2) is 7.56. The van der Waals surface area contributed by atoms with Crippen LogP contribution in [0.25, 0.3) is 0 Å². The third-order valence-corrected chi connectivity index (χ3v) is 6.40. The first-order valence-electron chi connectivity index (χ1n) is 10.3. The number of rotatable bonds is 3. The van der Waals surface area contributed by atoms with Crippen molar-refractivity contribution < 1.29 is 14.3 Å². The first kappa shape index (κ1) is 18.9. The highest BCUT2D eigenvalue weighted by Crippen LogP contribution is 2.40. The molecule has 0 radical (unpaired) electrons. The van der Waals surface area contributed by atoms with Crippen molar-refractivity contribution in [1.82, 2.24) is 4.90 Å². The number of carbonyl (C=O) groups is 2. The van der Waals surface area contributed by atoms with Gasteiger partial charge in [-0.25, -0.2) is 0 Å². The lowest BCUT2D eigenvalue weighted by Gasteiger charge is -2.48. The molecular weight excluding hydrogens is 354 g/mol. The summed E-state index contributed by atoms with van der Waals surface area (Å²) in [5.41, 5.74) is 0.591. The summed E-state index contributed by atoms with van der Waals surface area (Å²) in [4.78, 5) is 27.1. The van der Waals surface area contributed by atoms with Gasteiger partial charge in [0.25, 0.3) is 5.91 Å². The molecule has 1 aliphatic carbocycles. The van der Waals surface area contributed by atoms with E-state index in [1.165, 1.54) is 0 Å². The number of hydrogen-bond donors (Lipinski definition) is 1. The van der Waals surface area contributed by atoms with Crippen LogP contribution in [0, 0.1) is 23.2 Å². The van der Waals surface area contributed by atoms with E-state index in [1.54, 1.807) is 29.2 Å². The number of ether oxygens (including phenoxy) is 1. The maximum atomic E-state index is 13.2. The Hall–Kier alpha value is -2.39. The maximum Gasteiger partial charge on any atom is 0.255 e. The third-order valence-electron chi connectivity index (χ3n) is 6.40. The van der Waals surface area contributed by atoms with Crippen LogP contribution in [0.4, 0.5) is 5.69 Å². The van der Waals surface area contributed by atoms with Crippen molar-refractivity contribution in [2.45, 2.75) is 57.1 Å². The molecule has 28 heavy (non-hydrogen) atoms. The summed E-state index contributed by atoms with van der Waals surface area (Å²) in [5.74, 6) is 0.351. The predicted octanol–water partition coefficient (Wildman–Crippen LogP) is 3.35. The molecule has 4 atom stereocenters. The van der Waals surface area contributed by atoms with Crippen LogP contribution in [0.2, 0.25) is 0 Å². The lowest BCUT2D eigenvalue weighted by molar-refractivity contribution is -0.128. The largest absolute Gasteiger partial charge is 0.372 e. The molecule has 6 heteroatoms. The number of nitrogens with zero attached hydrogens (tertiary/aromatic N) is 2. The number of nitrogens with one attached hydrogen (secondary N) is 1. The Bertz CT molecular complexity index is 804. The van der Waals surface area contributed by atoms with Crippen LogP contribution in [-0.4, -0.2) is 41.5 Å². The number of carbonyl (C=O) groups excluding carboxylic acids is 2.